The first kappa shape index (κ1) is 63.7. The molecule has 3 amide bonds. The van der Waals surface area contributed by atoms with Crippen molar-refractivity contribution in [2.45, 2.75) is 128 Å². The van der Waals surface area contributed by atoms with E-state index < -0.39 is 46.0 Å². The highest BCUT2D eigenvalue weighted by Gasteiger charge is 2.42. The minimum atomic E-state index is -1.45. The minimum absolute atomic E-state index is 0.150. The molecule has 4 rings (SSSR count). The van der Waals surface area contributed by atoms with Gasteiger partial charge in [-0.15, -0.1) is 0 Å². The molecule has 0 aliphatic carbocycles. The van der Waals surface area contributed by atoms with Gasteiger partial charge in [-0.25, -0.2) is 20.4 Å². The number of nitrogens with two attached hydrogens (primary N) is 1. The summed E-state index contributed by atoms with van der Waals surface area (Å²) in [4.78, 5) is 77.2. The van der Waals surface area contributed by atoms with E-state index in [1.54, 1.807) is 89.4 Å². The first-order chi connectivity index (χ1) is 33.8. The number of benzene rings is 4. The van der Waals surface area contributed by atoms with Crippen molar-refractivity contribution in [3.05, 3.63) is 128 Å². The second-order valence-electron chi connectivity index (χ2n) is 17.6. The van der Waals surface area contributed by atoms with Gasteiger partial charge in [0.25, 0.3) is 23.0 Å². The van der Waals surface area contributed by atoms with Crippen LogP contribution in [0, 0.1) is 27.7 Å². The molecule has 0 radical (unpaired) electrons. The number of halogens is 1. The van der Waals surface area contributed by atoms with Crippen LogP contribution >= 0.6 is 11.6 Å². The number of carbonyl (C=O) groups is 6. The van der Waals surface area contributed by atoms with E-state index in [-0.39, 0.29) is 13.2 Å². The Morgan fingerprint density at radius 2 is 0.944 bits per heavy atom. The van der Waals surface area contributed by atoms with Gasteiger partial charge in [-0.2, -0.15) is 0 Å². The number of ether oxygens (including phenoxy) is 4. The maximum absolute atomic E-state index is 13.5. The SMILES string of the molecule is CCN(CC)CC.CCOC(=O)C(C)(C)N(N)C(=O)c1cc(C)cc(C)c1.CCOC(=O)C(C)(C)N(NC(=O)c1cccc(OC)c1CC)C(=O)c1cc(C)cc(C)c1.CCc1c(OC)cccc1C(=O)Cl. The summed E-state index contributed by atoms with van der Waals surface area (Å²) >= 11 is 5.42. The average molecular weight is 1020 g/mol. The van der Waals surface area contributed by atoms with Crippen LogP contribution in [0.25, 0.3) is 0 Å². The van der Waals surface area contributed by atoms with Crippen LogP contribution in [0.2, 0.25) is 0 Å². The molecular weight excluding hydrogens is 938 g/mol. The number of aryl methyl sites for hydroxylation is 4. The fraction of sp³-hybridized carbons (Fsp3) is 0.464. The summed E-state index contributed by atoms with van der Waals surface area (Å²) in [5, 5.41) is 1.55. The zero-order valence-corrected chi connectivity index (χ0v) is 46.5. The highest BCUT2D eigenvalue weighted by atomic mass is 35.5. The van der Waals surface area contributed by atoms with Crippen LogP contribution in [-0.2, 0) is 31.9 Å². The number of hydrazine groups is 2. The molecule has 0 bridgehead atoms. The van der Waals surface area contributed by atoms with Gasteiger partial charge in [-0.1, -0.05) is 81.1 Å². The predicted octanol–water partition coefficient (Wildman–Crippen LogP) is 9.95. The molecule has 0 aromatic heterocycles. The van der Waals surface area contributed by atoms with Crippen molar-refractivity contribution in [1.29, 1.82) is 0 Å². The third-order valence-electron chi connectivity index (χ3n) is 11.5. The molecular formula is C56H80ClN5O10. The Hall–Kier alpha value is -6.29. The molecule has 16 heteroatoms. The first-order valence-corrected chi connectivity index (χ1v) is 24.7. The maximum Gasteiger partial charge on any atom is 0.333 e. The summed E-state index contributed by atoms with van der Waals surface area (Å²) in [7, 11) is 3.12. The lowest BCUT2D eigenvalue weighted by Gasteiger charge is -2.36. The van der Waals surface area contributed by atoms with Crippen molar-refractivity contribution in [3.63, 3.8) is 0 Å². The largest absolute Gasteiger partial charge is 0.496 e. The molecule has 0 heterocycles. The number of rotatable bonds is 17. The van der Waals surface area contributed by atoms with Gasteiger partial charge < -0.3 is 23.8 Å². The number of hydrogen-bond acceptors (Lipinski definition) is 12. The van der Waals surface area contributed by atoms with E-state index in [4.69, 9.17) is 36.4 Å². The van der Waals surface area contributed by atoms with Gasteiger partial charge in [0.15, 0.2) is 11.1 Å². The average Bonchev–Trinajstić information content (AvgIpc) is 3.34. The maximum atomic E-state index is 13.5. The van der Waals surface area contributed by atoms with Crippen molar-refractivity contribution in [2.75, 3.05) is 47.1 Å². The highest BCUT2D eigenvalue weighted by molar-refractivity contribution is 6.68. The molecule has 72 heavy (non-hydrogen) atoms. The molecule has 396 valence electrons. The minimum Gasteiger partial charge on any atom is -0.496 e. The zero-order chi connectivity index (χ0) is 55.1. The number of methoxy groups -OCH3 is 2. The molecule has 4 aromatic rings. The van der Waals surface area contributed by atoms with E-state index in [1.807, 2.05) is 59.7 Å². The van der Waals surface area contributed by atoms with Crippen molar-refractivity contribution in [3.8, 4) is 11.5 Å². The normalized spacial score (nSPS) is 10.7. The Morgan fingerprint density at radius 1 is 0.569 bits per heavy atom. The van der Waals surface area contributed by atoms with E-state index in [1.165, 1.54) is 40.6 Å². The van der Waals surface area contributed by atoms with Crippen LogP contribution in [-0.4, -0.2) is 108 Å². The van der Waals surface area contributed by atoms with Crippen LogP contribution in [0.5, 0.6) is 11.5 Å². The van der Waals surface area contributed by atoms with E-state index in [0.29, 0.717) is 45.7 Å². The molecule has 0 aliphatic heterocycles. The predicted molar refractivity (Wildman–Crippen MR) is 286 cm³/mol. The summed E-state index contributed by atoms with van der Waals surface area (Å²) < 4.78 is 20.6. The molecule has 0 spiro atoms. The summed E-state index contributed by atoms with van der Waals surface area (Å²) in [6, 6.07) is 21.3. The second-order valence-corrected chi connectivity index (χ2v) is 18.0. The molecule has 0 unspecified atom stereocenters. The molecule has 0 fully saturated rings. The van der Waals surface area contributed by atoms with Gasteiger partial charge in [-0.3, -0.25) is 29.6 Å². The van der Waals surface area contributed by atoms with E-state index in [2.05, 4.69) is 31.1 Å². The molecule has 0 aliphatic rings. The number of hydrogen-bond donors (Lipinski definition) is 2. The quantitative estimate of drug-likeness (QED) is 0.0336. The van der Waals surface area contributed by atoms with Crippen molar-refractivity contribution in [2.24, 2.45) is 5.84 Å². The van der Waals surface area contributed by atoms with E-state index in [9.17, 15) is 28.8 Å². The molecule has 4 aromatic carbocycles. The van der Waals surface area contributed by atoms with Crippen molar-refractivity contribution < 1.29 is 47.7 Å². The Morgan fingerprint density at radius 3 is 1.29 bits per heavy atom. The molecule has 0 saturated heterocycles. The molecule has 15 nitrogen and oxygen atoms in total. The lowest BCUT2D eigenvalue weighted by molar-refractivity contribution is -0.155. The number of carbonyl (C=O) groups excluding carboxylic acids is 6. The molecule has 0 saturated carbocycles. The van der Waals surface area contributed by atoms with Gasteiger partial charge >= 0.3 is 11.9 Å². The summed E-state index contributed by atoms with van der Waals surface area (Å²) in [6.07, 6.45) is 1.29. The fourth-order valence-electron chi connectivity index (χ4n) is 7.44. The third kappa shape index (κ3) is 18.1. The summed E-state index contributed by atoms with van der Waals surface area (Å²) in [5.41, 5.74) is 7.02. The van der Waals surface area contributed by atoms with E-state index in [0.717, 1.165) is 44.3 Å². The topological polar surface area (TPSA) is 187 Å². The number of esters is 2. The second kappa shape index (κ2) is 30.6. The van der Waals surface area contributed by atoms with Crippen LogP contribution in [0.3, 0.4) is 0 Å². The van der Waals surface area contributed by atoms with Gasteiger partial charge in [0, 0.05) is 33.4 Å². The van der Waals surface area contributed by atoms with E-state index >= 15 is 0 Å². The first-order valence-electron chi connectivity index (χ1n) is 24.3. The fourth-order valence-corrected chi connectivity index (χ4v) is 7.62. The van der Waals surface area contributed by atoms with Crippen LogP contribution in [0.15, 0.2) is 72.8 Å². The lowest BCUT2D eigenvalue weighted by Crippen LogP contribution is -2.61. The highest BCUT2D eigenvalue weighted by Crippen LogP contribution is 2.26. The lowest BCUT2D eigenvalue weighted by atomic mass is 10.0. The monoisotopic (exact) mass is 1020 g/mol. The number of amides is 3. The van der Waals surface area contributed by atoms with Crippen molar-refractivity contribution >= 4 is 46.5 Å². The third-order valence-corrected chi connectivity index (χ3v) is 11.7. The Balaban J connectivity index is 0.000000548. The van der Waals surface area contributed by atoms with Crippen LogP contribution in [0.1, 0.15) is 151 Å². The zero-order valence-electron chi connectivity index (χ0n) is 45.8. The summed E-state index contributed by atoms with van der Waals surface area (Å²) in [5.74, 6) is 4.55. The van der Waals surface area contributed by atoms with Crippen LogP contribution in [0.4, 0.5) is 0 Å². The van der Waals surface area contributed by atoms with Gasteiger partial charge in [0.1, 0.15) is 11.5 Å². The van der Waals surface area contributed by atoms with Gasteiger partial charge in [0.05, 0.1) is 27.4 Å². The Kier molecular flexibility index (Phi) is 27.0. The Bertz CT molecular complexity index is 2400. The number of nitrogens with one attached hydrogen (secondary N) is 1. The summed E-state index contributed by atoms with van der Waals surface area (Å²) in [6.45, 7) is 31.6. The smallest absolute Gasteiger partial charge is 0.333 e. The number of nitrogens with zero attached hydrogens (tertiary/aromatic N) is 3. The molecule has 3 N–H and O–H groups in total. The van der Waals surface area contributed by atoms with Crippen LogP contribution < -0.4 is 20.7 Å². The van der Waals surface area contributed by atoms with Gasteiger partial charge in [-0.05, 0) is 162 Å². The van der Waals surface area contributed by atoms with Gasteiger partial charge in [0.2, 0.25) is 0 Å². The standard InChI is InChI=1S/C25H32N2O5.C15H22N2O3.C10H11ClO2.C6H15N/c1-8-19-20(11-10-12-21(19)31-7)22(28)26-27(25(5,6)24(30)32-9-2)23(29)18-14-16(3)13-17(4)15-18;1-6-20-14(19)15(4,5)17(16)13(18)12-8-10(2)7-11(3)9-12;1-3-7-8(10(11)12)5-4-6-9(7)13-2;1-4-7(5-2)6-3/h10-15H,8-9H2,1-7H3,(H,26,28);7-9H,6,16H2,1-5H3;4-6H,3H2,1-2H3;4-6H2,1-3H3. The Labute approximate surface area is 433 Å². The molecule has 0 atom stereocenters. The van der Waals surface area contributed by atoms with Crippen molar-refractivity contribution in [1.82, 2.24) is 20.3 Å².